The zero-order chi connectivity index (χ0) is 39.9. The standard InChI is InChI=1S/C43H34BCl2N3O8/c1-57-27-13-10-23(11-14-27)43-32(40(52)49(42(43)54)47-34-17-12-25(45)20-33(34)46)21-31-29(38(43)37-28-8-3-2-5-22(28)9-18-35(37)50)15-16-30-36(31)41(53)48(39(30)51)26-7-4-6-24(19-26)44(55)56/h2-15,17-20,30-32,36,38,47,50,55-56H,16,21H2,1H3/t30-,31+,32-,36-,38+,43+/m0/s1. The van der Waals surface area contributed by atoms with Crippen molar-refractivity contribution in [3.63, 3.8) is 0 Å². The van der Waals surface area contributed by atoms with E-state index in [4.69, 9.17) is 27.9 Å². The summed E-state index contributed by atoms with van der Waals surface area (Å²) in [5.41, 5.74) is 3.43. The number of fused-ring (bicyclic) bond motifs is 5. The molecule has 14 heteroatoms. The molecule has 2 aliphatic carbocycles. The number of aromatic hydroxyl groups is 1. The third kappa shape index (κ3) is 5.49. The van der Waals surface area contributed by atoms with E-state index in [2.05, 4.69) is 5.43 Å². The lowest BCUT2D eigenvalue weighted by atomic mass is 9.48. The Morgan fingerprint density at radius 1 is 0.842 bits per heavy atom. The molecule has 4 aliphatic rings. The SMILES string of the molecule is COc1ccc([C@@]23C(=O)N(Nc4ccc(Cl)cc4Cl)C(=O)[C@@H]2C[C@@H]2C(=CC[C@@H]4C(=O)N(c5cccc(B(O)O)c5)C(=O)[C@@H]42)[C@@H]3c2c(O)ccc3ccccc23)cc1. The lowest BCUT2D eigenvalue weighted by Crippen LogP contribution is -2.53. The normalized spacial score (nSPS) is 25.3. The van der Waals surface area contributed by atoms with Crippen molar-refractivity contribution in [2.45, 2.75) is 24.2 Å². The predicted molar refractivity (Wildman–Crippen MR) is 215 cm³/mol. The van der Waals surface area contributed by atoms with E-state index in [9.17, 15) is 24.7 Å². The van der Waals surface area contributed by atoms with Crippen molar-refractivity contribution < 1.29 is 39.1 Å². The fourth-order valence-corrected chi connectivity index (χ4v) is 10.3. The molecule has 11 nitrogen and oxygen atoms in total. The lowest BCUT2D eigenvalue weighted by Gasteiger charge is -2.51. The molecule has 57 heavy (non-hydrogen) atoms. The molecule has 1 saturated carbocycles. The molecule has 0 spiro atoms. The van der Waals surface area contributed by atoms with Gasteiger partial charge in [-0.25, -0.2) is 0 Å². The van der Waals surface area contributed by atoms with Gasteiger partial charge in [-0.1, -0.05) is 89.4 Å². The van der Waals surface area contributed by atoms with Crippen molar-refractivity contribution in [3.8, 4) is 11.5 Å². The van der Waals surface area contributed by atoms with Gasteiger partial charge in [0.1, 0.15) is 11.5 Å². The Morgan fingerprint density at radius 3 is 2.35 bits per heavy atom. The minimum Gasteiger partial charge on any atom is -0.508 e. The number of phenols is 1. The third-order valence-electron chi connectivity index (χ3n) is 12.2. The van der Waals surface area contributed by atoms with Gasteiger partial charge in [-0.2, -0.15) is 5.01 Å². The van der Waals surface area contributed by atoms with Crippen LogP contribution < -0.4 is 20.5 Å². The Morgan fingerprint density at radius 2 is 1.61 bits per heavy atom. The van der Waals surface area contributed by atoms with Gasteiger partial charge in [0, 0.05) is 16.5 Å². The number of rotatable bonds is 7. The summed E-state index contributed by atoms with van der Waals surface area (Å²) in [5, 5.41) is 34.7. The highest BCUT2D eigenvalue weighted by atomic mass is 35.5. The van der Waals surface area contributed by atoms with Gasteiger partial charge in [0.25, 0.3) is 11.8 Å². The summed E-state index contributed by atoms with van der Waals surface area (Å²) in [6, 6.07) is 28.4. The number of carbonyl (C=O) groups is 4. The number of methoxy groups -OCH3 is 1. The number of hydrogen-bond acceptors (Lipinski definition) is 9. The number of hydrazine groups is 1. The number of nitrogens with one attached hydrogen (secondary N) is 1. The first-order valence-corrected chi connectivity index (χ1v) is 19.2. The maximum absolute atomic E-state index is 15.6. The smallest absolute Gasteiger partial charge is 0.488 e. The summed E-state index contributed by atoms with van der Waals surface area (Å²) in [4.78, 5) is 60.8. The number of phenolic OH excluding ortho intramolecular Hbond substituents is 1. The Labute approximate surface area is 337 Å². The average Bonchev–Trinajstić information content (AvgIpc) is 3.59. The molecule has 3 fully saturated rings. The van der Waals surface area contributed by atoms with Crippen molar-refractivity contribution in [2.24, 2.45) is 23.7 Å². The second-order valence-electron chi connectivity index (χ2n) is 14.9. The van der Waals surface area contributed by atoms with Crippen LogP contribution in [-0.4, -0.2) is 58.0 Å². The van der Waals surface area contributed by atoms with Crippen molar-refractivity contribution >= 4 is 81.6 Å². The number of ether oxygens (including phenoxy) is 1. The summed E-state index contributed by atoms with van der Waals surface area (Å²) in [6.07, 6.45) is 2.07. The minimum atomic E-state index is -1.82. The number of halogens is 2. The van der Waals surface area contributed by atoms with Gasteiger partial charge >= 0.3 is 7.12 Å². The molecule has 286 valence electrons. The van der Waals surface area contributed by atoms with Gasteiger partial charge in [0.15, 0.2) is 0 Å². The van der Waals surface area contributed by atoms with E-state index in [1.165, 1.54) is 31.4 Å². The molecule has 6 atom stereocenters. The molecule has 5 aromatic rings. The maximum Gasteiger partial charge on any atom is 0.488 e. The second kappa shape index (κ2) is 13.8. The Balaban J connectivity index is 1.28. The number of anilines is 2. The van der Waals surface area contributed by atoms with Crippen LogP contribution in [0.25, 0.3) is 10.8 Å². The average molecular weight is 802 g/mol. The maximum atomic E-state index is 15.6. The van der Waals surface area contributed by atoms with E-state index in [0.29, 0.717) is 32.9 Å². The highest BCUT2D eigenvalue weighted by Gasteiger charge is 2.71. The predicted octanol–water partition coefficient (Wildman–Crippen LogP) is 5.73. The number of allylic oxidation sites excluding steroid dienone is 2. The Kier molecular flexibility index (Phi) is 8.93. The molecule has 4 amide bonds. The number of nitrogens with zero attached hydrogens (tertiary/aromatic N) is 2. The molecule has 0 radical (unpaired) electrons. The molecule has 0 aromatic heterocycles. The molecule has 2 saturated heterocycles. The largest absolute Gasteiger partial charge is 0.508 e. The molecular formula is C43H34BCl2N3O8. The number of imide groups is 2. The van der Waals surface area contributed by atoms with E-state index in [1.807, 2.05) is 30.3 Å². The molecular weight excluding hydrogens is 768 g/mol. The van der Waals surface area contributed by atoms with Gasteiger partial charge in [-0.3, -0.25) is 29.5 Å². The summed E-state index contributed by atoms with van der Waals surface area (Å²) in [7, 11) is -0.296. The zero-order valence-electron chi connectivity index (χ0n) is 30.3. The first kappa shape index (κ1) is 37.0. The number of hydrogen-bond donors (Lipinski definition) is 4. The second-order valence-corrected chi connectivity index (χ2v) is 15.8. The Hall–Kier alpha value is -5.66. The molecule has 0 bridgehead atoms. The van der Waals surface area contributed by atoms with Crippen LogP contribution in [0, 0.1) is 23.7 Å². The zero-order valence-corrected chi connectivity index (χ0v) is 31.8. The minimum absolute atomic E-state index is 0.0143. The molecule has 5 aromatic carbocycles. The van der Waals surface area contributed by atoms with Crippen LogP contribution in [0.3, 0.4) is 0 Å². The summed E-state index contributed by atoms with van der Waals surface area (Å²) >= 11 is 12.8. The summed E-state index contributed by atoms with van der Waals surface area (Å²) < 4.78 is 5.49. The monoisotopic (exact) mass is 801 g/mol. The van der Waals surface area contributed by atoms with Gasteiger partial charge in [-0.15, -0.1) is 0 Å². The van der Waals surface area contributed by atoms with Crippen LogP contribution in [0.4, 0.5) is 11.4 Å². The summed E-state index contributed by atoms with van der Waals surface area (Å²) in [6.45, 7) is 0. The Bertz CT molecular complexity index is 2570. The van der Waals surface area contributed by atoms with E-state index in [1.54, 1.807) is 54.6 Å². The van der Waals surface area contributed by atoms with Crippen molar-refractivity contribution in [1.29, 1.82) is 0 Å². The molecule has 4 N–H and O–H groups in total. The molecule has 2 aliphatic heterocycles. The topological polar surface area (TPSA) is 157 Å². The van der Waals surface area contributed by atoms with Crippen molar-refractivity contribution in [1.82, 2.24) is 5.01 Å². The van der Waals surface area contributed by atoms with E-state index >= 15 is 9.59 Å². The first-order chi connectivity index (χ1) is 27.4. The van der Waals surface area contributed by atoms with Gasteiger partial charge < -0.3 is 19.9 Å². The van der Waals surface area contributed by atoms with Crippen LogP contribution in [-0.2, 0) is 24.6 Å². The molecule has 0 unspecified atom stereocenters. The lowest BCUT2D eigenvalue weighted by molar-refractivity contribution is -0.138. The number of amides is 4. The fourth-order valence-electron chi connectivity index (χ4n) is 9.82. The highest BCUT2D eigenvalue weighted by molar-refractivity contribution is 6.58. The quantitative estimate of drug-likeness (QED) is 0.0918. The fraction of sp³-hybridized carbons (Fsp3) is 0.209. The molecule has 2 heterocycles. The summed E-state index contributed by atoms with van der Waals surface area (Å²) in [5.74, 6) is -6.24. The van der Waals surface area contributed by atoms with Crippen LogP contribution in [0.15, 0.2) is 115 Å². The van der Waals surface area contributed by atoms with Crippen LogP contribution in [0.1, 0.15) is 29.9 Å². The van der Waals surface area contributed by atoms with Gasteiger partial charge in [0.05, 0.1) is 46.7 Å². The van der Waals surface area contributed by atoms with Crippen LogP contribution in [0.2, 0.25) is 10.0 Å². The number of carbonyl (C=O) groups excluding carboxylic acids is 4. The van der Waals surface area contributed by atoms with Crippen LogP contribution in [0.5, 0.6) is 11.5 Å². The van der Waals surface area contributed by atoms with E-state index < -0.39 is 65.8 Å². The number of benzene rings is 5. The van der Waals surface area contributed by atoms with Crippen LogP contribution >= 0.6 is 23.2 Å². The first-order valence-electron chi connectivity index (χ1n) is 18.4. The molecule has 9 rings (SSSR count). The van der Waals surface area contributed by atoms with E-state index in [0.717, 1.165) is 15.3 Å². The van der Waals surface area contributed by atoms with E-state index in [-0.39, 0.29) is 40.5 Å². The highest BCUT2D eigenvalue weighted by Crippen LogP contribution is 2.65. The third-order valence-corrected chi connectivity index (χ3v) is 12.8. The van der Waals surface area contributed by atoms with Crippen molar-refractivity contribution in [3.05, 3.63) is 136 Å². The van der Waals surface area contributed by atoms with Gasteiger partial charge in [-0.05, 0) is 89.1 Å². The van der Waals surface area contributed by atoms with Crippen molar-refractivity contribution in [2.75, 3.05) is 17.4 Å². The van der Waals surface area contributed by atoms with Gasteiger partial charge in [0.2, 0.25) is 11.8 Å².